The second-order valence-corrected chi connectivity index (χ2v) is 4.71. The van der Waals surface area contributed by atoms with E-state index in [1.807, 2.05) is 16.8 Å². The van der Waals surface area contributed by atoms with E-state index in [9.17, 15) is 14.9 Å². The fourth-order valence-electron chi connectivity index (χ4n) is 1.46. The number of pyridine rings is 1. The van der Waals surface area contributed by atoms with Crippen LogP contribution in [0, 0.1) is 10.1 Å². The normalized spacial score (nSPS) is 10.2. The molecule has 0 aromatic carbocycles. The lowest BCUT2D eigenvalue weighted by molar-refractivity contribution is -0.385. The number of carbonyl (C=O) groups is 1. The van der Waals surface area contributed by atoms with Gasteiger partial charge in [0, 0.05) is 12.7 Å². The number of carbonyl (C=O) groups excluding carboxylic acids is 1. The molecule has 2 aromatic rings. The Morgan fingerprint density at radius 1 is 1.53 bits per heavy atom. The fourth-order valence-corrected chi connectivity index (χ4v) is 2.35. The molecule has 2 rings (SSSR count). The van der Waals surface area contributed by atoms with Crippen molar-refractivity contribution >= 4 is 34.5 Å². The third kappa shape index (κ3) is 3.07. The van der Waals surface area contributed by atoms with E-state index in [1.54, 1.807) is 0 Å². The number of nitrogens with one attached hydrogen (secondary N) is 1. The molecule has 0 unspecified atom stereocenters. The van der Waals surface area contributed by atoms with Gasteiger partial charge in [-0.2, -0.15) is 11.3 Å². The quantitative estimate of drug-likeness (QED) is 0.534. The van der Waals surface area contributed by atoms with Gasteiger partial charge in [0.15, 0.2) is 0 Å². The molecule has 0 aliphatic heterocycles. The lowest BCUT2D eigenvalue weighted by Crippen LogP contribution is -2.23. The second kappa shape index (κ2) is 5.77. The van der Waals surface area contributed by atoms with Gasteiger partial charge in [0.25, 0.3) is 5.91 Å². The average Bonchev–Trinajstić information content (AvgIpc) is 2.88. The van der Waals surface area contributed by atoms with Gasteiger partial charge >= 0.3 is 5.69 Å². The van der Waals surface area contributed by atoms with E-state index in [0.717, 1.165) is 5.56 Å². The Labute approximate surface area is 117 Å². The number of thiophene rings is 1. The minimum atomic E-state index is -0.713. The van der Waals surface area contributed by atoms with Gasteiger partial charge in [-0.15, -0.1) is 0 Å². The molecule has 0 spiro atoms. The van der Waals surface area contributed by atoms with Gasteiger partial charge in [0.05, 0.1) is 4.92 Å². The molecular weight excluding hydrogens is 290 g/mol. The first-order valence-corrected chi connectivity index (χ1v) is 6.50. The van der Waals surface area contributed by atoms with Crippen molar-refractivity contribution in [3.05, 3.63) is 55.5 Å². The fraction of sp³-hybridized carbons (Fsp3) is 0.0909. The maximum Gasteiger partial charge on any atom is 0.319 e. The van der Waals surface area contributed by atoms with E-state index in [2.05, 4.69) is 10.3 Å². The van der Waals surface area contributed by atoms with Gasteiger partial charge in [-0.25, -0.2) is 4.98 Å². The highest BCUT2D eigenvalue weighted by molar-refractivity contribution is 7.07. The van der Waals surface area contributed by atoms with E-state index in [4.69, 9.17) is 11.6 Å². The summed E-state index contributed by atoms with van der Waals surface area (Å²) < 4.78 is 0. The van der Waals surface area contributed by atoms with Crippen molar-refractivity contribution in [2.24, 2.45) is 0 Å². The first-order chi connectivity index (χ1) is 9.09. The van der Waals surface area contributed by atoms with E-state index >= 15 is 0 Å². The molecule has 1 amide bonds. The molecule has 0 radical (unpaired) electrons. The Hall–Kier alpha value is -1.99. The Bertz CT molecular complexity index is 616. The molecule has 2 heterocycles. The van der Waals surface area contributed by atoms with Gasteiger partial charge in [-0.3, -0.25) is 14.9 Å². The SMILES string of the molecule is O=C(NCc1ccsc1)c1ccnc(Cl)c1[N+](=O)[O-]. The first-order valence-electron chi connectivity index (χ1n) is 5.17. The Morgan fingerprint density at radius 2 is 2.32 bits per heavy atom. The molecule has 19 heavy (non-hydrogen) atoms. The van der Waals surface area contributed by atoms with Crippen molar-refractivity contribution in [3.63, 3.8) is 0 Å². The predicted octanol–water partition coefficient (Wildman–Crippen LogP) is 2.63. The Kier molecular flexibility index (Phi) is 4.08. The Morgan fingerprint density at radius 3 is 2.95 bits per heavy atom. The summed E-state index contributed by atoms with van der Waals surface area (Å²) in [5, 5.41) is 17.0. The van der Waals surface area contributed by atoms with Crippen molar-refractivity contribution in [1.29, 1.82) is 0 Å². The lowest BCUT2D eigenvalue weighted by atomic mass is 10.2. The van der Waals surface area contributed by atoms with Crippen LogP contribution in [0.2, 0.25) is 5.15 Å². The molecule has 0 aliphatic rings. The third-order valence-corrected chi connectivity index (χ3v) is 3.35. The van der Waals surface area contributed by atoms with E-state index in [-0.39, 0.29) is 10.7 Å². The summed E-state index contributed by atoms with van der Waals surface area (Å²) in [5.74, 6) is -0.554. The molecule has 8 heteroatoms. The standard InChI is InChI=1S/C11H8ClN3O3S/c12-10-9(15(17)18)8(1-3-13-10)11(16)14-5-7-2-4-19-6-7/h1-4,6H,5H2,(H,14,16). The monoisotopic (exact) mass is 297 g/mol. The zero-order chi connectivity index (χ0) is 13.8. The number of amides is 1. The minimum absolute atomic E-state index is 0.0970. The maximum atomic E-state index is 11.9. The van der Waals surface area contributed by atoms with Gasteiger partial charge in [-0.05, 0) is 28.5 Å². The molecule has 0 atom stereocenters. The summed E-state index contributed by atoms with van der Waals surface area (Å²) in [5.41, 5.74) is 0.355. The van der Waals surface area contributed by atoms with E-state index in [0.29, 0.717) is 6.54 Å². The Balaban J connectivity index is 2.19. The van der Waals surface area contributed by atoms with Crippen molar-refractivity contribution in [2.75, 3.05) is 0 Å². The number of halogens is 1. The number of nitro groups is 1. The van der Waals surface area contributed by atoms with E-state index in [1.165, 1.54) is 23.6 Å². The first kappa shape index (κ1) is 13.4. The molecule has 2 aromatic heterocycles. The summed E-state index contributed by atoms with van der Waals surface area (Å²) in [4.78, 5) is 25.7. The molecule has 1 N–H and O–H groups in total. The molecule has 0 saturated carbocycles. The topological polar surface area (TPSA) is 85.1 Å². The van der Waals surface area contributed by atoms with Gasteiger partial charge in [0.1, 0.15) is 5.56 Å². The number of hydrogen-bond donors (Lipinski definition) is 1. The van der Waals surface area contributed by atoms with Gasteiger partial charge in [0.2, 0.25) is 5.15 Å². The van der Waals surface area contributed by atoms with E-state index < -0.39 is 16.5 Å². The van der Waals surface area contributed by atoms with Crippen molar-refractivity contribution in [1.82, 2.24) is 10.3 Å². The summed E-state index contributed by atoms with van der Waals surface area (Å²) in [6, 6.07) is 3.13. The zero-order valence-electron chi connectivity index (χ0n) is 9.50. The predicted molar refractivity (Wildman–Crippen MR) is 71.4 cm³/mol. The summed E-state index contributed by atoms with van der Waals surface area (Å²) in [6.07, 6.45) is 1.26. The molecule has 6 nitrogen and oxygen atoms in total. The summed E-state index contributed by atoms with van der Waals surface area (Å²) in [6.45, 7) is 0.305. The van der Waals surface area contributed by atoms with Crippen LogP contribution in [0.15, 0.2) is 29.1 Å². The average molecular weight is 298 g/mol. The summed E-state index contributed by atoms with van der Waals surface area (Å²) >= 11 is 7.14. The van der Waals surface area contributed by atoms with Crippen molar-refractivity contribution in [3.8, 4) is 0 Å². The van der Waals surface area contributed by atoms with Crippen LogP contribution in [-0.4, -0.2) is 15.8 Å². The van der Waals surface area contributed by atoms with Crippen LogP contribution >= 0.6 is 22.9 Å². The zero-order valence-corrected chi connectivity index (χ0v) is 11.1. The van der Waals surface area contributed by atoms with Crippen LogP contribution < -0.4 is 5.32 Å². The van der Waals surface area contributed by atoms with Gasteiger partial charge < -0.3 is 5.32 Å². The molecular formula is C11H8ClN3O3S. The summed E-state index contributed by atoms with van der Waals surface area (Å²) in [7, 11) is 0. The number of nitrogens with zero attached hydrogens (tertiary/aromatic N) is 2. The van der Waals surface area contributed by atoms with Gasteiger partial charge in [-0.1, -0.05) is 11.6 Å². The smallest absolute Gasteiger partial charge is 0.319 e. The minimum Gasteiger partial charge on any atom is -0.348 e. The number of rotatable bonds is 4. The third-order valence-electron chi connectivity index (χ3n) is 2.34. The van der Waals surface area contributed by atoms with Crippen LogP contribution in [0.5, 0.6) is 0 Å². The number of aromatic nitrogens is 1. The highest BCUT2D eigenvalue weighted by Gasteiger charge is 2.24. The van der Waals surface area contributed by atoms with Crippen LogP contribution in [0.4, 0.5) is 5.69 Å². The molecule has 0 aliphatic carbocycles. The largest absolute Gasteiger partial charge is 0.348 e. The van der Waals surface area contributed by atoms with Crippen LogP contribution in [-0.2, 0) is 6.54 Å². The molecule has 0 saturated heterocycles. The number of hydrogen-bond acceptors (Lipinski definition) is 5. The second-order valence-electron chi connectivity index (χ2n) is 3.57. The van der Waals surface area contributed by atoms with Crippen molar-refractivity contribution < 1.29 is 9.72 Å². The van der Waals surface area contributed by atoms with Crippen molar-refractivity contribution in [2.45, 2.75) is 6.54 Å². The van der Waals surface area contributed by atoms with Crippen LogP contribution in [0.1, 0.15) is 15.9 Å². The highest BCUT2D eigenvalue weighted by Crippen LogP contribution is 2.25. The highest BCUT2D eigenvalue weighted by atomic mass is 35.5. The lowest BCUT2D eigenvalue weighted by Gasteiger charge is -2.05. The molecule has 0 fully saturated rings. The maximum absolute atomic E-state index is 11.9. The molecule has 98 valence electrons. The van der Waals surface area contributed by atoms with Crippen LogP contribution in [0.3, 0.4) is 0 Å². The molecule has 0 bridgehead atoms. The van der Waals surface area contributed by atoms with Crippen LogP contribution in [0.25, 0.3) is 0 Å².